The SMILES string of the molecule is O=C(CN1CCN(C(=O)C2CCCCC2)CC1)NC1(c2ccc3c(c2)OCCO3)CCCC1. The zero-order chi connectivity index (χ0) is 22.7. The van der Waals surface area contributed by atoms with E-state index in [0.29, 0.717) is 25.7 Å². The lowest BCUT2D eigenvalue weighted by Crippen LogP contribution is -2.54. The van der Waals surface area contributed by atoms with Crippen molar-refractivity contribution in [1.29, 1.82) is 0 Å². The van der Waals surface area contributed by atoms with Crippen molar-refractivity contribution in [2.75, 3.05) is 45.9 Å². The molecule has 0 bridgehead atoms. The number of carbonyl (C=O) groups excluding carboxylic acids is 2. The lowest BCUT2D eigenvalue weighted by molar-refractivity contribution is -0.138. The summed E-state index contributed by atoms with van der Waals surface area (Å²) in [7, 11) is 0. The summed E-state index contributed by atoms with van der Waals surface area (Å²) in [5, 5.41) is 3.39. The molecule has 0 atom stereocenters. The molecule has 4 aliphatic rings. The molecule has 2 saturated carbocycles. The Balaban J connectivity index is 1.17. The summed E-state index contributed by atoms with van der Waals surface area (Å²) in [6, 6.07) is 6.10. The third-order valence-corrected chi connectivity index (χ3v) is 7.94. The van der Waals surface area contributed by atoms with E-state index in [1.165, 1.54) is 19.3 Å². The number of fused-ring (bicyclic) bond motifs is 1. The monoisotopic (exact) mass is 455 g/mol. The van der Waals surface area contributed by atoms with E-state index in [1.54, 1.807) is 0 Å². The minimum Gasteiger partial charge on any atom is -0.486 e. The maximum atomic E-state index is 13.1. The van der Waals surface area contributed by atoms with Gasteiger partial charge in [-0.25, -0.2) is 0 Å². The van der Waals surface area contributed by atoms with Gasteiger partial charge >= 0.3 is 0 Å². The summed E-state index contributed by atoms with van der Waals surface area (Å²) in [5.74, 6) is 2.19. The molecule has 0 spiro atoms. The van der Waals surface area contributed by atoms with E-state index in [1.807, 2.05) is 11.0 Å². The first kappa shape index (κ1) is 22.5. The Bertz CT molecular complexity index is 853. The van der Waals surface area contributed by atoms with Gasteiger partial charge in [0.1, 0.15) is 13.2 Å². The number of rotatable bonds is 5. The second-order valence-electron chi connectivity index (χ2n) is 10.1. The van der Waals surface area contributed by atoms with Crippen LogP contribution in [0.2, 0.25) is 0 Å². The number of amides is 2. The number of ether oxygens (including phenoxy) is 2. The van der Waals surface area contributed by atoms with Gasteiger partial charge in [0.25, 0.3) is 0 Å². The molecular formula is C26H37N3O4. The molecule has 2 amide bonds. The van der Waals surface area contributed by atoms with Crippen LogP contribution in [0.25, 0.3) is 0 Å². The molecule has 1 saturated heterocycles. The summed E-state index contributed by atoms with van der Waals surface area (Å²) >= 11 is 0. The van der Waals surface area contributed by atoms with E-state index >= 15 is 0 Å². The molecule has 180 valence electrons. The van der Waals surface area contributed by atoms with Crippen LogP contribution in [0, 0.1) is 5.92 Å². The zero-order valence-corrected chi connectivity index (χ0v) is 19.7. The van der Waals surface area contributed by atoms with Crippen molar-refractivity contribution in [3.63, 3.8) is 0 Å². The topological polar surface area (TPSA) is 71.1 Å². The number of nitrogens with one attached hydrogen (secondary N) is 1. The highest BCUT2D eigenvalue weighted by atomic mass is 16.6. The van der Waals surface area contributed by atoms with E-state index in [2.05, 4.69) is 22.3 Å². The number of hydrogen-bond donors (Lipinski definition) is 1. The van der Waals surface area contributed by atoms with Crippen molar-refractivity contribution in [3.05, 3.63) is 23.8 Å². The Morgan fingerprint density at radius 2 is 1.61 bits per heavy atom. The number of piperazine rings is 1. The van der Waals surface area contributed by atoms with Gasteiger partial charge in [0.05, 0.1) is 12.1 Å². The number of carbonyl (C=O) groups is 2. The third-order valence-electron chi connectivity index (χ3n) is 7.94. The molecule has 0 unspecified atom stereocenters. The summed E-state index contributed by atoms with van der Waals surface area (Å²) in [6.45, 7) is 4.52. The van der Waals surface area contributed by atoms with Crippen molar-refractivity contribution in [3.8, 4) is 11.5 Å². The second kappa shape index (κ2) is 9.92. The molecule has 5 rings (SSSR count). The van der Waals surface area contributed by atoms with Crippen LogP contribution in [0.1, 0.15) is 63.4 Å². The predicted octanol–water partition coefficient (Wildman–Crippen LogP) is 3.07. The fraction of sp³-hybridized carbons (Fsp3) is 0.692. The standard InChI is InChI=1S/C26H37N3O4/c30-24(19-28-12-14-29(15-13-28)25(31)20-6-2-1-3-7-20)27-26(10-4-5-11-26)21-8-9-22-23(18-21)33-17-16-32-22/h8-9,18,20H,1-7,10-17,19H2,(H,27,30). The molecule has 2 aliphatic heterocycles. The number of nitrogens with zero attached hydrogens (tertiary/aromatic N) is 2. The van der Waals surface area contributed by atoms with Crippen molar-refractivity contribution >= 4 is 11.8 Å². The minimum absolute atomic E-state index is 0.0684. The zero-order valence-electron chi connectivity index (χ0n) is 19.7. The Hall–Kier alpha value is -2.28. The third kappa shape index (κ3) is 4.98. The highest BCUT2D eigenvalue weighted by Gasteiger charge is 2.38. The van der Waals surface area contributed by atoms with Crippen LogP contribution in [0.4, 0.5) is 0 Å². The lowest BCUT2D eigenvalue weighted by Gasteiger charge is -2.38. The van der Waals surface area contributed by atoms with Crippen LogP contribution in [-0.4, -0.2) is 67.6 Å². The van der Waals surface area contributed by atoms with Gasteiger partial charge < -0.3 is 19.7 Å². The normalized spacial score (nSPS) is 23.3. The van der Waals surface area contributed by atoms with Crippen molar-refractivity contribution in [2.45, 2.75) is 63.3 Å². The molecule has 1 aromatic rings. The van der Waals surface area contributed by atoms with Gasteiger partial charge in [-0.15, -0.1) is 0 Å². The molecule has 33 heavy (non-hydrogen) atoms. The van der Waals surface area contributed by atoms with Crippen molar-refractivity contribution < 1.29 is 19.1 Å². The average Bonchev–Trinajstić information content (AvgIpc) is 3.33. The predicted molar refractivity (Wildman–Crippen MR) is 125 cm³/mol. The van der Waals surface area contributed by atoms with Gasteiger partial charge in [-0.2, -0.15) is 0 Å². The number of hydrogen-bond acceptors (Lipinski definition) is 5. The molecule has 2 heterocycles. The smallest absolute Gasteiger partial charge is 0.234 e. The van der Waals surface area contributed by atoms with E-state index in [4.69, 9.17) is 9.47 Å². The Morgan fingerprint density at radius 1 is 0.909 bits per heavy atom. The van der Waals surface area contributed by atoms with Crippen molar-refractivity contribution in [1.82, 2.24) is 15.1 Å². The summed E-state index contributed by atoms with van der Waals surface area (Å²) in [6.07, 6.45) is 9.83. The highest BCUT2D eigenvalue weighted by Crippen LogP contribution is 2.42. The van der Waals surface area contributed by atoms with Gasteiger partial charge in [-0.3, -0.25) is 14.5 Å². The van der Waals surface area contributed by atoms with Crippen LogP contribution in [0.5, 0.6) is 11.5 Å². The summed E-state index contributed by atoms with van der Waals surface area (Å²) < 4.78 is 11.5. The molecule has 3 fully saturated rings. The van der Waals surface area contributed by atoms with Gasteiger partial charge in [-0.05, 0) is 43.4 Å². The van der Waals surface area contributed by atoms with E-state index in [9.17, 15) is 9.59 Å². The Morgan fingerprint density at radius 3 is 2.33 bits per heavy atom. The second-order valence-corrected chi connectivity index (χ2v) is 10.1. The lowest BCUT2D eigenvalue weighted by atomic mass is 9.87. The largest absolute Gasteiger partial charge is 0.486 e. The molecule has 1 N–H and O–H groups in total. The first-order chi connectivity index (χ1) is 16.1. The van der Waals surface area contributed by atoms with Crippen LogP contribution in [-0.2, 0) is 15.1 Å². The molecule has 0 radical (unpaired) electrons. The minimum atomic E-state index is -0.328. The molecule has 0 aromatic heterocycles. The quantitative estimate of drug-likeness (QED) is 0.739. The van der Waals surface area contributed by atoms with E-state index in [-0.39, 0.29) is 17.4 Å². The highest BCUT2D eigenvalue weighted by molar-refractivity contribution is 5.80. The molecular weight excluding hydrogens is 418 g/mol. The molecule has 7 heteroatoms. The van der Waals surface area contributed by atoms with Crippen LogP contribution in [0.15, 0.2) is 18.2 Å². The van der Waals surface area contributed by atoms with E-state index in [0.717, 1.165) is 81.8 Å². The van der Waals surface area contributed by atoms with Gasteiger partial charge in [-0.1, -0.05) is 38.2 Å². The van der Waals surface area contributed by atoms with Crippen LogP contribution < -0.4 is 14.8 Å². The first-order valence-corrected chi connectivity index (χ1v) is 12.9. The average molecular weight is 456 g/mol. The Labute approximate surface area is 196 Å². The molecule has 2 aliphatic carbocycles. The van der Waals surface area contributed by atoms with Gasteiger partial charge in [0.2, 0.25) is 11.8 Å². The fourth-order valence-corrected chi connectivity index (χ4v) is 6.05. The maximum absolute atomic E-state index is 13.1. The molecule has 7 nitrogen and oxygen atoms in total. The summed E-state index contributed by atoms with van der Waals surface area (Å²) in [4.78, 5) is 30.1. The summed E-state index contributed by atoms with van der Waals surface area (Å²) in [5.41, 5.74) is 0.784. The van der Waals surface area contributed by atoms with Crippen LogP contribution >= 0.6 is 0 Å². The number of benzene rings is 1. The van der Waals surface area contributed by atoms with Gasteiger partial charge in [0.15, 0.2) is 11.5 Å². The van der Waals surface area contributed by atoms with Gasteiger partial charge in [0, 0.05) is 32.1 Å². The fourth-order valence-electron chi connectivity index (χ4n) is 6.05. The maximum Gasteiger partial charge on any atom is 0.234 e. The first-order valence-electron chi connectivity index (χ1n) is 12.9. The van der Waals surface area contributed by atoms with Crippen molar-refractivity contribution in [2.24, 2.45) is 5.92 Å². The van der Waals surface area contributed by atoms with E-state index < -0.39 is 0 Å². The molecule has 1 aromatic carbocycles. The van der Waals surface area contributed by atoms with Crippen LogP contribution in [0.3, 0.4) is 0 Å². The Kier molecular flexibility index (Phi) is 6.76.